The first-order valence-corrected chi connectivity index (χ1v) is 51.1. The summed E-state index contributed by atoms with van der Waals surface area (Å²) in [6.07, 6.45) is 0. The Morgan fingerprint density at radius 1 is 0.103 bits per heavy atom. The van der Waals surface area contributed by atoms with E-state index in [1.165, 1.54) is 296 Å². The molecule has 0 heteroatoms. The van der Waals surface area contributed by atoms with Crippen LogP contribution >= 0.6 is 0 Å². The van der Waals surface area contributed by atoms with Gasteiger partial charge in [0.1, 0.15) is 0 Å². The van der Waals surface area contributed by atoms with Crippen molar-refractivity contribution in [3.63, 3.8) is 0 Å². The lowest BCUT2D eigenvalue weighted by molar-refractivity contribution is 0.660. The van der Waals surface area contributed by atoms with Gasteiger partial charge in [0.05, 0.1) is 0 Å². The fraction of sp³-hybridized carbons (Fsp3) is 0.0621. The topological polar surface area (TPSA) is 0 Å². The lowest BCUT2D eigenvalue weighted by Gasteiger charge is -2.24. The Morgan fingerprint density at radius 2 is 0.283 bits per heavy atom. The molecule has 0 fully saturated rings. The third kappa shape index (κ3) is 13.8. The highest BCUT2D eigenvalue weighted by atomic mass is 14.4. The first kappa shape index (κ1) is 85.3. The molecule has 680 valence electrons. The summed E-state index contributed by atoms with van der Waals surface area (Å²) in [6, 6.07) is 186. The molecule has 0 radical (unpaired) electrons. The second-order valence-electron chi connectivity index (χ2n) is 42.0. The van der Waals surface area contributed by atoms with Gasteiger partial charge in [0.15, 0.2) is 0 Å². The van der Waals surface area contributed by atoms with E-state index < -0.39 is 0 Å². The summed E-state index contributed by atoms with van der Waals surface area (Å²) in [4.78, 5) is 0. The Labute approximate surface area is 844 Å². The van der Waals surface area contributed by atoms with Gasteiger partial charge in [0.25, 0.3) is 0 Å². The summed E-state index contributed by atoms with van der Waals surface area (Å²) < 4.78 is 0. The summed E-state index contributed by atoms with van der Waals surface area (Å²) in [5.74, 6) is 0. The quantitative estimate of drug-likeness (QED) is 0.133. The van der Waals surface area contributed by atoms with Crippen molar-refractivity contribution in [2.45, 2.75) is 57.8 Å². The highest BCUT2D eigenvalue weighted by Crippen LogP contribution is 2.59. The number of hydrogen-bond acceptors (Lipinski definition) is 0. The van der Waals surface area contributed by atoms with E-state index in [0.717, 1.165) is 0 Å². The van der Waals surface area contributed by atoms with Crippen molar-refractivity contribution >= 4 is 140 Å². The summed E-state index contributed by atoms with van der Waals surface area (Å²) in [6.45, 7) is 14.3. The molecule has 27 aromatic rings. The van der Waals surface area contributed by atoms with Crippen LogP contribution in [0.25, 0.3) is 262 Å². The molecule has 0 bridgehead atoms. The zero-order valence-electron chi connectivity index (χ0n) is 81.8. The predicted molar refractivity (Wildman–Crippen MR) is 623 cm³/mol. The van der Waals surface area contributed by atoms with E-state index in [1.54, 1.807) is 0 Å². The molecule has 0 spiro atoms. The van der Waals surface area contributed by atoms with E-state index in [4.69, 9.17) is 0 Å². The first-order valence-electron chi connectivity index (χ1n) is 51.1. The Balaban J connectivity index is 0.000000106. The van der Waals surface area contributed by atoms with Crippen LogP contribution in [0.5, 0.6) is 0 Å². The Kier molecular flexibility index (Phi) is 19.6. The number of benzene rings is 27. The molecule has 0 aromatic heterocycles. The number of rotatable bonds is 8. The van der Waals surface area contributed by atoms with E-state index >= 15 is 0 Å². The van der Waals surface area contributed by atoms with E-state index in [9.17, 15) is 0 Å². The van der Waals surface area contributed by atoms with E-state index in [2.05, 4.69) is 539 Å². The minimum absolute atomic E-state index is 0.0676. The average molecular weight is 1840 g/mol. The van der Waals surface area contributed by atoms with Gasteiger partial charge < -0.3 is 0 Å². The molecule has 145 heavy (non-hydrogen) atoms. The van der Waals surface area contributed by atoms with Gasteiger partial charge in [-0.2, -0.15) is 0 Å². The third-order valence-corrected chi connectivity index (χ3v) is 32.8. The molecule has 3 aliphatic rings. The van der Waals surface area contributed by atoms with Crippen LogP contribution in [-0.4, -0.2) is 0 Å². The average Bonchev–Trinajstić information content (AvgIpc) is 1.58. The van der Waals surface area contributed by atoms with Crippen molar-refractivity contribution < 1.29 is 0 Å². The van der Waals surface area contributed by atoms with Crippen LogP contribution in [0.15, 0.2) is 497 Å². The maximum atomic E-state index is 2.54. The van der Waals surface area contributed by atoms with Gasteiger partial charge in [-0.15, -0.1) is 0 Å². The second-order valence-corrected chi connectivity index (χ2v) is 42.0. The van der Waals surface area contributed by atoms with Gasteiger partial charge in [-0.1, -0.05) is 454 Å². The molecule has 27 aromatic carbocycles. The van der Waals surface area contributed by atoms with Crippen LogP contribution in [0.4, 0.5) is 0 Å². The van der Waals surface area contributed by atoms with Crippen molar-refractivity contribution in [2.75, 3.05) is 0 Å². The maximum absolute atomic E-state index is 2.54. The summed E-state index contributed by atoms with van der Waals surface area (Å²) in [7, 11) is 0. The van der Waals surface area contributed by atoms with Crippen molar-refractivity contribution in [3.8, 4) is 122 Å². The fourth-order valence-corrected chi connectivity index (χ4v) is 25.5. The van der Waals surface area contributed by atoms with Crippen LogP contribution in [0.1, 0.15) is 74.9 Å². The lowest BCUT2D eigenvalue weighted by atomic mass is 9.79. The SMILES string of the molecule is CC1(C)c2cc(-c3ccc4ccccc4c3)ccc2-c2cc3c(-c4ccc5ccccc5c4)c4ccccc4c(-c4ccc5ccccc5c4)c3cc21.CC1(C)c2ccccc2-c2cc3c(-c4ccc5ccccc5c4)c4ccccc4c(-c4ccc5ccccc5c4)c3cc21.CC1(C)c2ccccc2-c2ccc(-c3c4ccccc4c(-c4ccc5ccccc5c4)c4cc(-c5ccc6ccccc6c5)ccc34)cc21. The molecule has 0 nitrogen and oxygen atoms in total. The van der Waals surface area contributed by atoms with E-state index in [-0.39, 0.29) is 16.2 Å². The van der Waals surface area contributed by atoms with Crippen LogP contribution in [0.3, 0.4) is 0 Å². The molecule has 0 saturated carbocycles. The highest BCUT2D eigenvalue weighted by Gasteiger charge is 2.40. The van der Waals surface area contributed by atoms with Crippen molar-refractivity contribution in [1.82, 2.24) is 0 Å². The molecule has 0 N–H and O–H groups in total. The molecular weight excluding hydrogens is 1740 g/mol. The van der Waals surface area contributed by atoms with Gasteiger partial charge in [-0.05, 0) is 381 Å². The molecule has 0 heterocycles. The molecule has 0 atom stereocenters. The van der Waals surface area contributed by atoms with Gasteiger partial charge in [0, 0.05) is 16.2 Å². The molecule has 3 aliphatic carbocycles. The zero-order chi connectivity index (χ0) is 96.7. The van der Waals surface area contributed by atoms with Gasteiger partial charge in [0.2, 0.25) is 0 Å². The summed E-state index contributed by atoms with van der Waals surface area (Å²) in [5.41, 5.74) is 36.5. The summed E-state index contributed by atoms with van der Waals surface area (Å²) in [5, 5.41) is 33.2. The van der Waals surface area contributed by atoms with Gasteiger partial charge >= 0.3 is 0 Å². The second kappa shape index (κ2) is 33.2. The van der Waals surface area contributed by atoms with Gasteiger partial charge in [-0.3, -0.25) is 0 Å². The Hall–Kier alpha value is -17.7. The van der Waals surface area contributed by atoms with Crippen molar-refractivity contribution in [3.05, 3.63) is 531 Å². The van der Waals surface area contributed by atoms with Crippen LogP contribution < -0.4 is 0 Å². The Bertz CT molecular complexity index is 10200. The van der Waals surface area contributed by atoms with Crippen LogP contribution in [0.2, 0.25) is 0 Å². The maximum Gasteiger partial charge on any atom is 0.0159 e. The third-order valence-electron chi connectivity index (χ3n) is 32.8. The largest absolute Gasteiger partial charge is 0.0619 e. The standard InChI is InChI=1S/C53H36.C49H34.C43H30/c1-53(2)49-30-40(39-22-19-33-11-3-6-14-36(33)27-39)25-26-43(49)46-31-47-48(32-50(46)53)52(42-24-21-35-13-5-8-16-38(35)29-42)45-18-10-9-17-44(45)51(47)41-23-20-34-12-4-7-15-37(34)28-41;1-49(2)45-18-10-9-15-39(45)40-25-24-38(30-46(40)49)47-41-16-7-8-17-42(41)48(37-22-20-32-12-4-6-14-34(32)28-37)44-29-36(23-26-43(44)47)35-21-19-31-11-3-5-13-33(31)27-35;1-43(2)39-18-10-9-15-33(39)36-25-37-38(26-40(36)43)42(32-22-20-28-12-4-6-14-30(28)24-32)35-17-8-7-16-34(35)41(37)31-21-19-27-11-3-5-13-29(27)23-31/h3-32H,1-2H3;3-30H,1-2H3;3-26H,1-2H3. The smallest absolute Gasteiger partial charge is 0.0159 e. The first-order chi connectivity index (χ1) is 71.1. The van der Waals surface area contributed by atoms with E-state index in [0.29, 0.717) is 0 Å². The zero-order valence-corrected chi connectivity index (χ0v) is 81.8. The lowest BCUT2D eigenvalue weighted by Crippen LogP contribution is -2.15. The fourth-order valence-electron chi connectivity index (χ4n) is 25.5. The summed E-state index contributed by atoms with van der Waals surface area (Å²) >= 11 is 0. The predicted octanol–water partition coefficient (Wildman–Crippen LogP) is 40.3. The monoisotopic (exact) mass is 1840 g/mol. The molecule has 0 unspecified atom stereocenters. The van der Waals surface area contributed by atoms with Crippen LogP contribution in [0, 0.1) is 0 Å². The minimum atomic E-state index is -0.179. The van der Waals surface area contributed by atoms with Crippen LogP contribution in [-0.2, 0) is 16.2 Å². The normalized spacial score (nSPS) is 13.3. The molecule has 0 saturated heterocycles. The minimum Gasteiger partial charge on any atom is -0.0619 e. The molecule has 30 rings (SSSR count). The van der Waals surface area contributed by atoms with Crippen molar-refractivity contribution in [1.29, 1.82) is 0 Å². The molecule has 0 aliphatic heterocycles. The van der Waals surface area contributed by atoms with Gasteiger partial charge in [-0.25, -0.2) is 0 Å². The van der Waals surface area contributed by atoms with Crippen molar-refractivity contribution in [2.24, 2.45) is 0 Å². The molecular formula is C145H100. The van der Waals surface area contributed by atoms with E-state index in [1.807, 2.05) is 0 Å². The molecule has 0 amide bonds. The number of hydrogen-bond donors (Lipinski definition) is 0. The highest BCUT2D eigenvalue weighted by molar-refractivity contribution is 6.27. The Morgan fingerprint density at radius 3 is 0.614 bits per heavy atom. The number of fused-ring (bicyclic) bond motifs is 22.